The van der Waals surface area contributed by atoms with Gasteiger partial charge in [-0.25, -0.2) is 18.4 Å². The summed E-state index contributed by atoms with van der Waals surface area (Å²) in [6, 6.07) is 1.57. The van der Waals surface area contributed by atoms with Gasteiger partial charge < -0.3 is 9.80 Å². The van der Waals surface area contributed by atoms with Crippen molar-refractivity contribution in [2.45, 2.75) is 46.1 Å². The van der Waals surface area contributed by atoms with Gasteiger partial charge in [0.2, 0.25) is 0 Å². The maximum Gasteiger partial charge on any atom is 0.272 e. The number of anilines is 1. The molecule has 1 amide bonds. The van der Waals surface area contributed by atoms with Gasteiger partial charge in [0.25, 0.3) is 5.91 Å². The molecule has 0 spiro atoms. The smallest absolute Gasteiger partial charge is 0.272 e. The van der Waals surface area contributed by atoms with Crippen molar-refractivity contribution in [3.63, 3.8) is 0 Å². The molecule has 25 heavy (non-hydrogen) atoms. The number of nitrogens with zero attached hydrogens (tertiary/aromatic N) is 4. The van der Waals surface area contributed by atoms with E-state index in [1.807, 2.05) is 30.7 Å². The van der Waals surface area contributed by atoms with Gasteiger partial charge in [0.1, 0.15) is 17.3 Å². The Hall–Kier alpha value is -1.70. The molecule has 1 aromatic heterocycles. The minimum absolute atomic E-state index is 0.0945. The summed E-state index contributed by atoms with van der Waals surface area (Å²) in [5, 5.41) is 0. The highest BCUT2D eigenvalue weighted by Crippen LogP contribution is 2.22. The lowest BCUT2D eigenvalue weighted by Crippen LogP contribution is -2.35. The van der Waals surface area contributed by atoms with Crippen molar-refractivity contribution in [2.24, 2.45) is 0 Å². The molecule has 7 nitrogen and oxygen atoms in total. The molecule has 0 aliphatic carbocycles. The molecule has 1 atom stereocenters. The molecule has 2 heterocycles. The molecule has 1 aromatic rings. The third kappa shape index (κ3) is 4.90. The number of aryl methyl sites for hydroxylation is 1. The van der Waals surface area contributed by atoms with Crippen molar-refractivity contribution >= 4 is 21.6 Å². The zero-order valence-electron chi connectivity index (χ0n) is 15.5. The van der Waals surface area contributed by atoms with Crippen LogP contribution in [0.25, 0.3) is 0 Å². The van der Waals surface area contributed by atoms with Crippen LogP contribution in [0.4, 0.5) is 5.82 Å². The van der Waals surface area contributed by atoms with Gasteiger partial charge in [0.15, 0.2) is 9.84 Å². The lowest BCUT2D eigenvalue weighted by atomic mass is 10.2. The number of carbonyl (C=O) groups is 1. The number of sulfone groups is 1. The predicted octanol–water partition coefficient (Wildman–Crippen LogP) is 1.67. The van der Waals surface area contributed by atoms with Crippen LogP contribution in [0.5, 0.6) is 0 Å². The lowest BCUT2D eigenvalue weighted by Gasteiger charge is -2.26. The third-order valence-corrected chi connectivity index (χ3v) is 6.19. The Balaban J connectivity index is 2.26. The van der Waals surface area contributed by atoms with Crippen LogP contribution in [-0.4, -0.2) is 66.9 Å². The number of hydrogen-bond donors (Lipinski definition) is 0. The summed E-state index contributed by atoms with van der Waals surface area (Å²) < 4.78 is 23.5. The standard InChI is InChI=1S/C17H28N4O3S/c1-5-8-21(9-6-2)17(22)15-11-16(19-13(3)18-15)20(4)14-7-10-25(23,24)12-14/h11,14H,5-10,12H2,1-4H3. The molecule has 1 unspecified atom stereocenters. The topological polar surface area (TPSA) is 83.5 Å². The summed E-state index contributed by atoms with van der Waals surface area (Å²) >= 11 is 0. The lowest BCUT2D eigenvalue weighted by molar-refractivity contribution is 0.0749. The summed E-state index contributed by atoms with van der Waals surface area (Å²) in [5.41, 5.74) is 0.372. The fourth-order valence-electron chi connectivity index (χ4n) is 3.13. The fourth-order valence-corrected chi connectivity index (χ4v) is 4.90. The van der Waals surface area contributed by atoms with Crippen LogP contribution >= 0.6 is 0 Å². The molecule has 2 rings (SSSR count). The summed E-state index contributed by atoms with van der Waals surface area (Å²) in [4.78, 5) is 25.2. The molecule has 0 radical (unpaired) electrons. The van der Waals surface area contributed by atoms with E-state index in [0.29, 0.717) is 36.8 Å². The number of amides is 1. The van der Waals surface area contributed by atoms with Crippen LogP contribution in [0, 0.1) is 6.92 Å². The maximum atomic E-state index is 12.8. The van der Waals surface area contributed by atoms with Crippen molar-refractivity contribution < 1.29 is 13.2 Å². The minimum atomic E-state index is -2.97. The van der Waals surface area contributed by atoms with Gasteiger partial charge in [-0.15, -0.1) is 0 Å². The maximum absolute atomic E-state index is 12.8. The van der Waals surface area contributed by atoms with Gasteiger partial charge in [0, 0.05) is 32.2 Å². The number of aromatic nitrogens is 2. The van der Waals surface area contributed by atoms with Crippen LogP contribution in [-0.2, 0) is 9.84 Å². The highest BCUT2D eigenvalue weighted by molar-refractivity contribution is 7.91. The van der Waals surface area contributed by atoms with E-state index in [4.69, 9.17) is 0 Å². The SMILES string of the molecule is CCCN(CCC)C(=O)c1cc(N(C)C2CCS(=O)(=O)C2)nc(C)n1. The molecular weight excluding hydrogens is 340 g/mol. The predicted molar refractivity (Wildman–Crippen MR) is 98.7 cm³/mol. The molecule has 1 saturated heterocycles. The zero-order valence-corrected chi connectivity index (χ0v) is 16.3. The largest absolute Gasteiger partial charge is 0.356 e. The molecule has 1 fully saturated rings. The molecular formula is C17H28N4O3S. The van der Waals surface area contributed by atoms with E-state index < -0.39 is 9.84 Å². The van der Waals surface area contributed by atoms with Crippen LogP contribution in [0.3, 0.4) is 0 Å². The minimum Gasteiger partial charge on any atom is -0.356 e. The second-order valence-electron chi connectivity index (χ2n) is 6.62. The summed E-state index contributed by atoms with van der Waals surface area (Å²) in [7, 11) is -1.14. The zero-order chi connectivity index (χ0) is 18.6. The van der Waals surface area contributed by atoms with Gasteiger partial charge >= 0.3 is 0 Å². The summed E-state index contributed by atoms with van der Waals surface area (Å²) in [5.74, 6) is 1.36. The van der Waals surface area contributed by atoms with Crippen molar-refractivity contribution in [1.82, 2.24) is 14.9 Å². The highest BCUT2D eigenvalue weighted by atomic mass is 32.2. The number of rotatable bonds is 7. The van der Waals surface area contributed by atoms with Crippen molar-refractivity contribution in [1.29, 1.82) is 0 Å². The molecule has 1 aliphatic heterocycles. The number of hydrogen-bond acceptors (Lipinski definition) is 6. The van der Waals surface area contributed by atoms with E-state index in [0.717, 1.165) is 12.8 Å². The van der Waals surface area contributed by atoms with E-state index in [9.17, 15) is 13.2 Å². The van der Waals surface area contributed by atoms with Gasteiger partial charge in [-0.1, -0.05) is 13.8 Å². The van der Waals surface area contributed by atoms with Crippen molar-refractivity contribution in [3.05, 3.63) is 17.6 Å². The second-order valence-corrected chi connectivity index (χ2v) is 8.85. The first-order valence-electron chi connectivity index (χ1n) is 8.85. The van der Waals surface area contributed by atoms with Crippen LogP contribution in [0.2, 0.25) is 0 Å². The van der Waals surface area contributed by atoms with E-state index in [-0.39, 0.29) is 23.5 Å². The highest BCUT2D eigenvalue weighted by Gasteiger charge is 2.31. The number of carbonyl (C=O) groups excluding carboxylic acids is 1. The Morgan fingerprint density at radius 2 is 1.88 bits per heavy atom. The average Bonchev–Trinajstić information content (AvgIpc) is 2.92. The molecule has 0 aromatic carbocycles. The first kappa shape index (κ1) is 19.6. The quantitative estimate of drug-likeness (QED) is 0.728. The van der Waals surface area contributed by atoms with Gasteiger partial charge in [-0.2, -0.15) is 0 Å². The Bertz CT molecular complexity index is 715. The normalized spacial score (nSPS) is 19.0. The Labute approximate surface area is 150 Å². The van der Waals surface area contributed by atoms with E-state index in [1.165, 1.54) is 0 Å². The van der Waals surface area contributed by atoms with Crippen LogP contribution < -0.4 is 4.90 Å². The Kier molecular flexibility index (Phi) is 6.37. The van der Waals surface area contributed by atoms with E-state index in [2.05, 4.69) is 9.97 Å². The summed E-state index contributed by atoms with van der Waals surface area (Å²) in [6.45, 7) is 7.23. The molecule has 0 N–H and O–H groups in total. The summed E-state index contributed by atoms with van der Waals surface area (Å²) in [6.07, 6.45) is 2.37. The monoisotopic (exact) mass is 368 g/mol. The second kappa shape index (κ2) is 8.12. The van der Waals surface area contributed by atoms with Gasteiger partial charge in [-0.3, -0.25) is 4.79 Å². The molecule has 0 bridgehead atoms. The van der Waals surface area contributed by atoms with Crippen LogP contribution in [0.15, 0.2) is 6.07 Å². The Morgan fingerprint density at radius 1 is 1.24 bits per heavy atom. The van der Waals surface area contributed by atoms with Gasteiger partial charge in [0.05, 0.1) is 11.5 Å². The first-order chi connectivity index (χ1) is 11.8. The Morgan fingerprint density at radius 3 is 2.40 bits per heavy atom. The van der Waals surface area contributed by atoms with E-state index in [1.54, 1.807) is 13.0 Å². The molecule has 0 saturated carbocycles. The molecule has 1 aliphatic rings. The van der Waals surface area contributed by atoms with Crippen LogP contribution in [0.1, 0.15) is 49.4 Å². The van der Waals surface area contributed by atoms with Crippen molar-refractivity contribution in [3.8, 4) is 0 Å². The van der Waals surface area contributed by atoms with Gasteiger partial charge in [-0.05, 0) is 26.2 Å². The molecule has 8 heteroatoms. The van der Waals surface area contributed by atoms with Crippen molar-refractivity contribution in [2.75, 3.05) is 36.5 Å². The van der Waals surface area contributed by atoms with E-state index >= 15 is 0 Å². The average molecular weight is 369 g/mol. The third-order valence-electron chi connectivity index (χ3n) is 4.44. The first-order valence-corrected chi connectivity index (χ1v) is 10.7. The molecule has 140 valence electrons. The fraction of sp³-hybridized carbons (Fsp3) is 0.706.